The summed E-state index contributed by atoms with van der Waals surface area (Å²) >= 11 is 3.51. The molecule has 38 heavy (non-hydrogen) atoms. The first-order valence-corrected chi connectivity index (χ1v) is 14.0. The van der Waals surface area contributed by atoms with E-state index in [2.05, 4.69) is 61.6 Å². The molecule has 0 aliphatic carbocycles. The number of hydrogen-bond donors (Lipinski definition) is 2. The normalized spacial score (nSPS) is 17.4. The first kappa shape index (κ1) is 25.0. The van der Waals surface area contributed by atoms with Crippen LogP contribution in [0.25, 0.3) is 0 Å². The predicted molar refractivity (Wildman–Crippen MR) is 148 cm³/mol. The lowest BCUT2D eigenvalue weighted by molar-refractivity contribution is 0.0379. The summed E-state index contributed by atoms with van der Waals surface area (Å²) in [5, 5.41) is 3.45. The Morgan fingerprint density at radius 2 is 2.08 bits per heavy atom. The monoisotopic (exact) mass is 547 g/mol. The molecule has 2 aromatic carbocycles. The molecule has 0 radical (unpaired) electrons. The summed E-state index contributed by atoms with van der Waals surface area (Å²) in [5.74, 6) is 0.566. The van der Waals surface area contributed by atoms with Gasteiger partial charge in [0.05, 0.1) is 18.3 Å². The molecule has 4 aromatic rings. The zero-order chi connectivity index (χ0) is 26.1. The minimum Gasteiger partial charge on any atom is -0.375 e. The fourth-order valence-electron chi connectivity index (χ4n) is 4.68. The van der Waals surface area contributed by atoms with Crippen LogP contribution in [0.3, 0.4) is 0 Å². The molecule has 2 aromatic heterocycles. The SMILES string of the molecule is CC(Nc1ccc2c(c1)Sc1cccc(C3CN(c4cc[nH]c(=O)c4)CCO3)c1S2)c1nccc(CF)n1. The van der Waals surface area contributed by atoms with Crippen LogP contribution in [0.15, 0.2) is 91.4 Å². The smallest absolute Gasteiger partial charge is 0.249 e. The number of ether oxygens (including phenoxy) is 1. The van der Waals surface area contributed by atoms with E-state index in [1.54, 1.807) is 48.1 Å². The van der Waals surface area contributed by atoms with Crippen molar-refractivity contribution in [3.8, 4) is 0 Å². The standard InChI is InChI=1S/C28H26FN5O2S2/c1-17(28-31-9-7-19(15-29)33-28)32-18-5-6-23-25(13-18)37-24-4-2-3-21(27(24)38-23)22-16-34(11-12-36-22)20-8-10-30-26(35)14-20/h2-10,13-14,17,22,32H,11-12,15-16H2,1H3,(H,30,35). The first-order valence-electron chi connectivity index (χ1n) is 12.4. The van der Waals surface area contributed by atoms with Crippen LogP contribution in [0.1, 0.15) is 36.2 Å². The number of nitrogens with zero attached hydrogens (tertiary/aromatic N) is 3. The highest BCUT2D eigenvalue weighted by molar-refractivity contribution is 8.05. The Bertz CT molecular complexity index is 1530. The molecule has 2 aliphatic heterocycles. The van der Waals surface area contributed by atoms with Gasteiger partial charge in [-0.3, -0.25) is 4.79 Å². The molecule has 0 amide bonds. The van der Waals surface area contributed by atoms with Gasteiger partial charge in [-0.05, 0) is 48.9 Å². The van der Waals surface area contributed by atoms with Crippen molar-refractivity contribution in [2.45, 2.75) is 45.3 Å². The summed E-state index contributed by atoms with van der Waals surface area (Å²) in [5.41, 5.74) is 3.32. The summed E-state index contributed by atoms with van der Waals surface area (Å²) in [6, 6.07) is 17.7. The van der Waals surface area contributed by atoms with Crippen molar-refractivity contribution in [2.75, 3.05) is 29.9 Å². The zero-order valence-corrected chi connectivity index (χ0v) is 22.3. The van der Waals surface area contributed by atoms with Crippen LogP contribution in [0.5, 0.6) is 0 Å². The quantitative estimate of drug-likeness (QED) is 0.268. The highest BCUT2D eigenvalue weighted by Gasteiger charge is 2.28. The van der Waals surface area contributed by atoms with Crippen LogP contribution >= 0.6 is 23.5 Å². The average Bonchev–Trinajstić information content (AvgIpc) is 2.96. The Balaban J connectivity index is 1.21. The molecular weight excluding hydrogens is 521 g/mol. The van der Waals surface area contributed by atoms with Gasteiger partial charge < -0.3 is 19.9 Å². The number of pyridine rings is 1. The number of hydrogen-bond acceptors (Lipinski definition) is 8. The summed E-state index contributed by atoms with van der Waals surface area (Å²) in [6.07, 6.45) is 3.20. The van der Waals surface area contributed by atoms with Gasteiger partial charge in [-0.1, -0.05) is 35.7 Å². The molecule has 2 atom stereocenters. The lowest BCUT2D eigenvalue weighted by Gasteiger charge is -2.36. The van der Waals surface area contributed by atoms with Gasteiger partial charge in [-0.25, -0.2) is 14.4 Å². The van der Waals surface area contributed by atoms with Crippen LogP contribution in [0, 0.1) is 0 Å². The van der Waals surface area contributed by atoms with Crippen molar-refractivity contribution >= 4 is 34.9 Å². The number of aromatic amines is 1. The summed E-state index contributed by atoms with van der Waals surface area (Å²) in [7, 11) is 0. The van der Waals surface area contributed by atoms with E-state index in [0.29, 0.717) is 24.7 Å². The summed E-state index contributed by atoms with van der Waals surface area (Å²) in [4.78, 5) is 30.1. The van der Waals surface area contributed by atoms with Crippen molar-refractivity contribution < 1.29 is 9.13 Å². The maximum absolute atomic E-state index is 13.0. The Labute approximate surface area is 228 Å². The van der Waals surface area contributed by atoms with Gasteiger partial charge in [0.25, 0.3) is 0 Å². The van der Waals surface area contributed by atoms with Gasteiger partial charge in [0.15, 0.2) is 5.82 Å². The second-order valence-electron chi connectivity index (χ2n) is 9.16. The number of H-pyrrole nitrogens is 1. The summed E-state index contributed by atoms with van der Waals surface area (Å²) < 4.78 is 19.3. The molecule has 2 unspecified atom stereocenters. The van der Waals surface area contributed by atoms with Crippen molar-refractivity contribution in [1.82, 2.24) is 15.0 Å². The molecule has 6 rings (SSSR count). The highest BCUT2D eigenvalue weighted by atomic mass is 32.2. The second kappa shape index (κ2) is 10.8. The number of anilines is 2. The Morgan fingerprint density at radius 1 is 1.16 bits per heavy atom. The fourth-order valence-corrected chi connectivity index (χ4v) is 7.13. The molecule has 0 spiro atoms. The average molecular weight is 548 g/mol. The van der Waals surface area contributed by atoms with Crippen LogP contribution in [0.2, 0.25) is 0 Å². The van der Waals surface area contributed by atoms with E-state index in [9.17, 15) is 9.18 Å². The molecule has 2 N–H and O–H groups in total. The Hall–Kier alpha value is -3.34. The maximum Gasteiger partial charge on any atom is 0.249 e. The van der Waals surface area contributed by atoms with Crippen molar-refractivity contribution in [3.63, 3.8) is 0 Å². The van der Waals surface area contributed by atoms with E-state index in [-0.39, 0.29) is 17.7 Å². The number of benzene rings is 2. The van der Waals surface area contributed by atoms with Crippen molar-refractivity contribution in [2.24, 2.45) is 0 Å². The Morgan fingerprint density at radius 3 is 2.95 bits per heavy atom. The van der Waals surface area contributed by atoms with E-state index >= 15 is 0 Å². The number of rotatable bonds is 6. The van der Waals surface area contributed by atoms with E-state index in [1.165, 1.54) is 25.1 Å². The van der Waals surface area contributed by atoms with E-state index in [1.807, 2.05) is 13.0 Å². The molecule has 1 fully saturated rings. The summed E-state index contributed by atoms with van der Waals surface area (Å²) in [6.45, 7) is 3.40. The highest BCUT2D eigenvalue weighted by Crippen LogP contribution is 2.52. The predicted octanol–water partition coefficient (Wildman–Crippen LogP) is 6.00. The number of aromatic nitrogens is 3. The third-order valence-electron chi connectivity index (χ3n) is 6.56. The van der Waals surface area contributed by atoms with Crippen LogP contribution in [-0.2, 0) is 11.4 Å². The van der Waals surface area contributed by atoms with Gasteiger partial charge in [0.2, 0.25) is 5.56 Å². The molecule has 0 saturated carbocycles. The van der Waals surface area contributed by atoms with Gasteiger partial charge in [0, 0.05) is 62.5 Å². The van der Waals surface area contributed by atoms with Gasteiger partial charge in [0.1, 0.15) is 12.8 Å². The maximum atomic E-state index is 13.0. The van der Waals surface area contributed by atoms with Crippen LogP contribution < -0.4 is 15.8 Å². The topological polar surface area (TPSA) is 83.1 Å². The fraction of sp³-hybridized carbons (Fsp3) is 0.250. The van der Waals surface area contributed by atoms with E-state index < -0.39 is 6.67 Å². The van der Waals surface area contributed by atoms with Crippen molar-refractivity contribution in [1.29, 1.82) is 0 Å². The molecular formula is C28H26FN5O2S2. The van der Waals surface area contributed by atoms with Crippen LogP contribution in [-0.4, -0.2) is 34.6 Å². The third kappa shape index (κ3) is 5.16. The van der Waals surface area contributed by atoms with Crippen LogP contribution in [0.4, 0.5) is 15.8 Å². The lowest BCUT2D eigenvalue weighted by atomic mass is 10.1. The van der Waals surface area contributed by atoms with Gasteiger partial charge in [-0.15, -0.1) is 0 Å². The number of nitrogens with one attached hydrogen (secondary N) is 2. The van der Waals surface area contributed by atoms with E-state index in [0.717, 1.165) is 17.9 Å². The zero-order valence-electron chi connectivity index (χ0n) is 20.7. The molecule has 2 aliphatic rings. The Kier molecular flexibility index (Phi) is 7.10. The number of halogens is 1. The van der Waals surface area contributed by atoms with Gasteiger partial charge >= 0.3 is 0 Å². The first-order chi connectivity index (χ1) is 18.6. The second-order valence-corrected chi connectivity index (χ2v) is 11.3. The molecule has 7 nitrogen and oxygen atoms in total. The minimum atomic E-state index is -0.605. The molecule has 0 bridgehead atoms. The van der Waals surface area contributed by atoms with Crippen molar-refractivity contribution in [3.05, 3.63) is 94.4 Å². The molecule has 194 valence electrons. The lowest BCUT2D eigenvalue weighted by Crippen LogP contribution is -2.39. The number of fused-ring (bicyclic) bond motifs is 2. The minimum absolute atomic E-state index is 0.0884. The number of morpholine rings is 1. The van der Waals surface area contributed by atoms with Gasteiger partial charge in [-0.2, -0.15) is 0 Å². The molecule has 10 heteroatoms. The molecule has 1 saturated heterocycles. The molecule has 4 heterocycles. The number of alkyl halides is 1. The largest absolute Gasteiger partial charge is 0.375 e. The van der Waals surface area contributed by atoms with E-state index in [4.69, 9.17) is 4.74 Å². The third-order valence-corrected chi connectivity index (χ3v) is 9.17.